The highest BCUT2D eigenvalue weighted by Crippen LogP contribution is 2.29. The molecule has 0 bridgehead atoms. The van der Waals surface area contributed by atoms with Crippen LogP contribution in [0.15, 0.2) is 51.3 Å². The van der Waals surface area contributed by atoms with E-state index in [0.717, 1.165) is 6.42 Å². The fourth-order valence-electron chi connectivity index (χ4n) is 3.46. The van der Waals surface area contributed by atoms with Gasteiger partial charge in [-0.3, -0.25) is 25.2 Å². The van der Waals surface area contributed by atoms with E-state index in [0.29, 0.717) is 40.3 Å². The molecule has 0 fully saturated rings. The standard InChI is InChI=1S/C22H19ClN4O4S/c1-12-18-15(24-26-21(29)17-10-5-11-32-17)8-4-9-16(18)31-19(12)22(30)27-25-20(28)13-6-2-3-7-14(13)23/h2-3,5-7,10-11H,4,8-9H2,1H3,(H,25,28)(H,26,29)(H,27,30)/b24-15+. The Bertz CT molecular complexity index is 1220. The van der Waals surface area contributed by atoms with Gasteiger partial charge in [-0.25, -0.2) is 5.43 Å². The Morgan fingerprint density at radius 2 is 1.81 bits per heavy atom. The molecule has 164 valence electrons. The number of amides is 3. The number of nitrogens with zero attached hydrogens (tertiary/aromatic N) is 1. The molecule has 2 aromatic heterocycles. The minimum Gasteiger partial charge on any atom is -0.455 e. The summed E-state index contributed by atoms with van der Waals surface area (Å²) in [7, 11) is 0. The molecule has 0 saturated carbocycles. The lowest BCUT2D eigenvalue weighted by atomic mass is 9.93. The Morgan fingerprint density at radius 1 is 1.03 bits per heavy atom. The first-order valence-corrected chi connectivity index (χ1v) is 11.1. The van der Waals surface area contributed by atoms with Gasteiger partial charge in [-0.2, -0.15) is 5.10 Å². The molecule has 3 amide bonds. The van der Waals surface area contributed by atoms with Crippen LogP contribution in [0.5, 0.6) is 0 Å². The Morgan fingerprint density at radius 3 is 2.56 bits per heavy atom. The molecule has 0 atom stereocenters. The molecule has 3 N–H and O–H groups in total. The lowest BCUT2D eigenvalue weighted by Crippen LogP contribution is -2.41. The summed E-state index contributed by atoms with van der Waals surface area (Å²) in [4.78, 5) is 37.7. The van der Waals surface area contributed by atoms with E-state index in [1.165, 1.54) is 11.3 Å². The number of fused-ring (bicyclic) bond motifs is 1. The van der Waals surface area contributed by atoms with E-state index in [9.17, 15) is 14.4 Å². The molecule has 32 heavy (non-hydrogen) atoms. The molecule has 0 aliphatic heterocycles. The average molecular weight is 471 g/mol. The first kappa shape index (κ1) is 21.8. The van der Waals surface area contributed by atoms with Crippen molar-refractivity contribution in [2.45, 2.75) is 26.2 Å². The third-order valence-electron chi connectivity index (χ3n) is 4.98. The fraction of sp³-hybridized carbons (Fsp3) is 0.182. The zero-order chi connectivity index (χ0) is 22.7. The number of nitrogens with one attached hydrogen (secondary N) is 3. The van der Waals surface area contributed by atoms with Crippen molar-refractivity contribution >= 4 is 46.4 Å². The second kappa shape index (κ2) is 9.37. The van der Waals surface area contributed by atoms with Crippen molar-refractivity contribution in [1.82, 2.24) is 16.3 Å². The van der Waals surface area contributed by atoms with E-state index in [1.54, 1.807) is 43.3 Å². The van der Waals surface area contributed by atoms with Crippen molar-refractivity contribution in [1.29, 1.82) is 0 Å². The molecule has 8 nitrogen and oxygen atoms in total. The molecule has 0 unspecified atom stereocenters. The molecule has 1 aliphatic rings. The van der Waals surface area contributed by atoms with Crippen molar-refractivity contribution < 1.29 is 18.8 Å². The average Bonchev–Trinajstić information content (AvgIpc) is 3.45. The number of carbonyl (C=O) groups is 3. The summed E-state index contributed by atoms with van der Waals surface area (Å²) in [6.07, 6.45) is 2.06. The maximum Gasteiger partial charge on any atom is 0.305 e. The van der Waals surface area contributed by atoms with Crippen molar-refractivity contribution in [2.75, 3.05) is 0 Å². The predicted octanol–water partition coefficient (Wildman–Crippen LogP) is 3.85. The number of hydrogen-bond donors (Lipinski definition) is 3. The number of hydrazone groups is 1. The predicted molar refractivity (Wildman–Crippen MR) is 121 cm³/mol. The minimum absolute atomic E-state index is 0.0774. The van der Waals surface area contributed by atoms with E-state index in [1.807, 2.05) is 5.38 Å². The normalized spacial score (nSPS) is 14.0. The van der Waals surface area contributed by atoms with Gasteiger partial charge in [0.2, 0.25) is 0 Å². The molecule has 0 radical (unpaired) electrons. The van der Waals surface area contributed by atoms with Crippen molar-refractivity contribution in [3.63, 3.8) is 0 Å². The molecule has 0 spiro atoms. The SMILES string of the molecule is Cc1c(C(=O)NNC(=O)c2ccccc2Cl)oc2c1/C(=N/NC(=O)c1cccs1)CCC2. The minimum atomic E-state index is -0.598. The number of aryl methyl sites for hydroxylation is 1. The van der Waals surface area contributed by atoms with Crippen LogP contribution in [0.25, 0.3) is 0 Å². The maximum atomic E-state index is 12.7. The molecule has 2 heterocycles. The summed E-state index contributed by atoms with van der Waals surface area (Å²) in [5.41, 5.74) is 9.47. The van der Waals surface area contributed by atoms with Gasteiger partial charge in [-0.1, -0.05) is 29.8 Å². The number of hydrogen-bond acceptors (Lipinski definition) is 6. The highest BCUT2D eigenvalue weighted by molar-refractivity contribution is 7.12. The second-order valence-electron chi connectivity index (χ2n) is 7.07. The highest BCUT2D eigenvalue weighted by atomic mass is 35.5. The van der Waals surface area contributed by atoms with E-state index < -0.39 is 11.8 Å². The number of benzene rings is 1. The van der Waals surface area contributed by atoms with E-state index in [2.05, 4.69) is 21.4 Å². The van der Waals surface area contributed by atoms with Gasteiger partial charge in [0.15, 0.2) is 5.76 Å². The number of furan rings is 1. The van der Waals surface area contributed by atoms with Crippen molar-refractivity contribution in [3.05, 3.63) is 79.9 Å². The second-order valence-corrected chi connectivity index (χ2v) is 8.43. The third kappa shape index (κ3) is 4.44. The largest absolute Gasteiger partial charge is 0.455 e. The van der Waals surface area contributed by atoms with E-state index >= 15 is 0 Å². The molecule has 10 heteroatoms. The maximum absolute atomic E-state index is 12.7. The summed E-state index contributed by atoms with van der Waals surface area (Å²) >= 11 is 7.34. The van der Waals surface area contributed by atoms with Crippen LogP contribution in [0.1, 0.15) is 60.3 Å². The van der Waals surface area contributed by atoms with Gasteiger partial charge in [-0.15, -0.1) is 11.3 Å². The van der Waals surface area contributed by atoms with E-state index in [-0.39, 0.29) is 22.3 Å². The first-order valence-electron chi connectivity index (χ1n) is 9.84. The van der Waals surface area contributed by atoms with Crippen LogP contribution < -0.4 is 16.3 Å². The molecule has 0 saturated heterocycles. The van der Waals surface area contributed by atoms with Crippen LogP contribution in [0, 0.1) is 6.92 Å². The van der Waals surface area contributed by atoms with Gasteiger partial charge in [0, 0.05) is 17.5 Å². The Kier molecular flexibility index (Phi) is 6.38. The number of halogens is 1. The molecule has 1 aliphatic carbocycles. The number of thiophene rings is 1. The summed E-state index contributed by atoms with van der Waals surface area (Å²) < 4.78 is 5.79. The van der Waals surface area contributed by atoms with Gasteiger partial charge in [0.1, 0.15) is 5.76 Å². The van der Waals surface area contributed by atoms with Crippen LogP contribution in [0.2, 0.25) is 5.02 Å². The quantitative estimate of drug-likeness (QED) is 0.502. The third-order valence-corrected chi connectivity index (χ3v) is 6.18. The monoisotopic (exact) mass is 470 g/mol. The summed E-state index contributed by atoms with van der Waals surface area (Å²) in [6, 6.07) is 10.0. The van der Waals surface area contributed by atoms with Crippen LogP contribution in [-0.2, 0) is 6.42 Å². The Balaban J connectivity index is 1.49. The van der Waals surface area contributed by atoms with Crippen LogP contribution in [0.4, 0.5) is 0 Å². The summed E-state index contributed by atoms with van der Waals surface area (Å²) in [6.45, 7) is 1.75. The van der Waals surface area contributed by atoms with Crippen LogP contribution in [0.3, 0.4) is 0 Å². The molecular formula is C22H19ClN4O4S. The molecular weight excluding hydrogens is 452 g/mol. The smallest absolute Gasteiger partial charge is 0.305 e. The van der Waals surface area contributed by atoms with Gasteiger partial charge in [0.25, 0.3) is 11.8 Å². The fourth-order valence-corrected chi connectivity index (χ4v) is 4.30. The summed E-state index contributed by atoms with van der Waals surface area (Å²) in [5, 5.41) is 6.37. The Labute approximate surface area is 192 Å². The van der Waals surface area contributed by atoms with Crippen LogP contribution >= 0.6 is 22.9 Å². The molecule has 1 aromatic carbocycles. The van der Waals surface area contributed by atoms with Crippen molar-refractivity contribution in [2.24, 2.45) is 5.10 Å². The zero-order valence-electron chi connectivity index (χ0n) is 17.0. The van der Waals surface area contributed by atoms with Crippen LogP contribution in [-0.4, -0.2) is 23.4 Å². The molecule has 4 rings (SSSR count). The van der Waals surface area contributed by atoms with Gasteiger partial charge < -0.3 is 4.42 Å². The van der Waals surface area contributed by atoms with Gasteiger partial charge >= 0.3 is 5.91 Å². The Hall–Kier alpha value is -3.43. The highest BCUT2D eigenvalue weighted by Gasteiger charge is 2.28. The molecule has 3 aromatic rings. The van der Waals surface area contributed by atoms with E-state index in [4.69, 9.17) is 16.0 Å². The lowest BCUT2D eigenvalue weighted by Gasteiger charge is -2.13. The zero-order valence-corrected chi connectivity index (χ0v) is 18.6. The van der Waals surface area contributed by atoms with Gasteiger partial charge in [-0.05, 0) is 43.3 Å². The number of hydrazine groups is 1. The first-order chi connectivity index (χ1) is 15.5. The topological polar surface area (TPSA) is 113 Å². The number of rotatable bonds is 4. The van der Waals surface area contributed by atoms with Gasteiger partial charge in [0.05, 0.1) is 21.2 Å². The number of carbonyl (C=O) groups excluding carboxylic acids is 3. The van der Waals surface area contributed by atoms with Crippen molar-refractivity contribution in [3.8, 4) is 0 Å². The summed E-state index contributed by atoms with van der Waals surface area (Å²) in [5.74, 6) is -0.731. The lowest BCUT2D eigenvalue weighted by molar-refractivity contribution is 0.0829.